The van der Waals surface area contributed by atoms with Gasteiger partial charge in [-0.2, -0.15) is 0 Å². The molecular formula is C29H30S. The molecule has 30 heavy (non-hydrogen) atoms. The van der Waals surface area contributed by atoms with E-state index in [-0.39, 0.29) is 0 Å². The lowest BCUT2D eigenvalue weighted by atomic mass is 10.2. The molecule has 4 aromatic carbocycles. The Kier molecular flexibility index (Phi) is 7.70. The number of benzene rings is 4. The Morgan fingerprint density at radius 1 is 0.467 bits per heavy atom. The number of aryl methyl sites for hydroxylation is 1. The van der Waals surface area contributed by atoms with Crippen LogP contribution in [0.25, 0.3) is 0 Å². The fourth-order valence-electron chi connectivity index (χ4n) is 3.50. The number of hydrogen-bond donors (Lipinski definition) is 0. The van der Waals surface area contributed by atoms with Gasteiger partial charge in [0.25, 0.3) is 0 Å². The van der Waals surface area contributed by atoms with Crippen molar-refractivity contribution < 1.29 is 0 Å². The summed E-state index contributed by atoms with van der Waals surface area (Å²) in [6, 6.07) is 41.8. The van der Waals surface area contributed by atoms with E-state index in [1.807, 2.05) is 26.0 Å². The summed E-state index contributed by atoms with van der Waals surface area (Å²) in [5, 5.41) is 0. The average Bonchev–Trinajstić information content (AvgIpc) is 2.82. The van der Waals surface area contributed by atoms with Gasteiger partial charge in [0.2, 0.25) is 0 Å². The van der Waals surface area contributed by atoms with Crippen molar-refractivity contribution in [1.82, 2.24) is 0 Å². The van der Waals surface area contributed by atoms with Crippen molar-refractivity contribution in [3.8, 4) is 0 Å². The van der Waals surface area contributed by atoms with Crippen LogP contribution in [0, 0.1) is 6.92 Å². The molecule has 0 fully saturated rings. The minimum absolute atomic E-state index is 1.29. The standard InChI is InChI=1S/C25H22S.C4H8/c1-21-12-11-19-25(20-21)26(22-13-5-2-6-14-22,23-15-7-3-8-16-23)24-17-9-4-10-18-24;1-3-4-2/h2-20H,1H3;3-4H,1-2H3/b;4-3-. The molecule has 1 heteroatoms. The van der Waals surface area contributed by atoms with Gasteiger partial charge in [0.15, 0.2) is 0 Å². The first kappa shape index (κ1) is 21.7. The van der Waals surface area contributed by atoms with Gasteiger partial charge in [0, 0.05) is 19.6 Å². The Balaban J connectivity index is 0.000000589. The molecule has 0 aliphatic carbocycles. The molecule has 0 spiro atoms. The Labute approximate surface area is 183 Å². The quantitative estimate of drug-likeness (QED) is 0.295. The first-order chi connectivity index (χ1) is 14.7. The summed E-state index contributed by atoms with van der Waals surface area (Å²) in [4.78, 5) is 5.47. The third-order valence-electron chi connectivity index (χ3n) is 4.97. The Morgan fingerprint density at radius 2 is 0.833 bits per heavy atom. The molecule has 0 aliphatic heterocycles. The fraction of sp³-hybridized carbons (Fsp3) is 0.103. The molecule has 0 saturated heterocycles. The molecule has 0 amide bonds. The zero-order valence-corrected chi connectivity index (χ0v) is 18.8. The first-order valence-corrected chi connectivity index (χ1v) is 12.0. The summed E-state index contributed by atoms with van der Waals surface area (Å²) in [5.74, 6) is 0. The predicted octanol–water partition coefficient (Wildman–Crippen LogP) is 8.92. The normalized spacial score (nSPS) is 11.6. The van der Waals surface area contributed by atoms with Gasteiger partial charge in [-0.25, -0.2) is 0 Å². The molecule has 0 aliphatic rings. The van der Waals surface area contributed by atoms with E-state index in [1.54, 1.807) is 0 Å². The number of rotatable bonds is 4. The summed E-state index contributed by atoms with van der Waals surface area (Å²) in [6.45, 7) is 6.18. The molecule has 0 atom stereocenters. The molecule has 0 bridgehead atoms. The van der Waals surface area contributed by atoms with Crippen molar-refractivity contribution in [2.45, 2.75) is 40.4 Å². The second kappa shape index (κ2) is 10.7. The number of allylic oxidation sites excluding steroid dienone is 2. The van der Waals surface area contributed by atoms with Gasteiger partial charge in [0.05, 0.1) is 0 Å². The Bertz CT molecular complexity index is 950. The molecule has 0 radical (unpaired) electrons. The van der Waals surface area contributed by atoms with E-state index in [0.717, 1.165) is 0 Å². The summed E-state index contributed by atoms with van der Waals surface area (Å²) in [6.07, 6.45) is 4.00. The summed E-state index contributed by atoms with van der Waals surface area (Å²) < 4.78 is 0. The van der Waals surface area contributed by atoms with Crippen LogP contribution in [0.4, 0.5) is 0 Å². The highest BCUT2D eigenvalue weighted by atomic mass is 32.3. The lowest BCUT2D eigenvalue weighted by Gasteiger charge is -2.42. The van der Waals surface area contributed by atoms with E-state index in [4.69, 9.17) is 0 Å². The van der Waals surface area contributed by atoms with Crippen LogP contribution < -0.4 is 0 Å². The fourth-order valence-corrected chi connectivity index (χ4v) is 7.47. The van der Waals surface area contributed by atoms with Gasteiger partial charge in [-0.1, -0.05) is 84.4 Å². The van der Waals surface area contributed by atoms with Crippen LogP contribution in [0.3, 0.4) is 0 Å². The summed E-state index contributed by atoms with van der Waals surface area (Å²) in [5.41, 5.74) is 1.29. The average molecular weight is 411 g/mol. The third-order valence-corrected chi connectivity index (χ3v) is 8.87. The van der Waals surface area contributed by atoms with E-state index in [0.29, 0.717) is 0 Å². The SMILES string of the molecule is C/C=C\C.Cc1cccc(S(c2ccccc2)(c2ccccc2)c2ccccc2)c1. The topological polar surface area (TPSA) is 0 Å². The van der Waals surface area contributed by atoms with Gasteiger partial charge < -0.3 is 0 Å². The third kappa shape index (κ3) is 4.58. The Morgan fingerprint density at radius 3 is 1.17 bits per heavy atom. The molecule has 4 aromatic rings. The van der Waals surface area contributed by atoms with Gasteiger partial charge in [-0.05, 0) is 69.3 Å². The lowest BCUT2D eigenvalue weighted by molar-refractivity contribution is 1.23. The van der Waals surface area contributed by atoms with E-state index in [1.165, 1.54) is 25.1 Å². The van der Waals surface area contributed by atoms with E-state index < -0.39 is 10.0 Å². The van der Waals surface area contributed by atoms with Crippen LogP contribution >= 0.6 is 10.0 Å². The second-order valence-corrected chi connectivity index (χ2v) is 10.1. The van der Waals surface area contributed by atoms with E-state index >= 15 is 0 Å². The van der Waals surface area contributed by atoms with Crippen LogP contribution in [0.1, 0.15) is 19.4 Å². The van der Waals surface area contributed by atoms with Crippen molar-refractivity contribution in [3.05, 3.63) is 133 Å². The summed E-state index contributed by atoms with van der Waals surface area (Å²) in [7, 11) is -1.53. The maximum absolute atomic E-state index is 2.35. The molecule has 0 aromatic heterocycles. The van der Waals surface area contributed by atoms with Gasteiger partial charge in [-0.3, -0.25) is 0 Å². The van der Waals surface area contributed by atoms with Crippen molar-refractivity contribution in [2.75, 3.05) is 0 Å². The molecule has 0 unspecified atom stereocenters. The van der Waals surface area contributed by atoms with Gasteiger partial charge in [-0.15, -0.1) is 10.0 Å². The minimum atomic E-state index is -1.53. The minimum Gasteiger partial charge on any atom is -0.133 e. The smallest absolute Gasteiger partial charge is 0.00255 e. The van der Waals surface area contributed by atoms with E-state index in [2.05, 4.69) is 122 Å². The van der Waals surface area contributed by atoms with Crippen molar-refractivity contribution in [3.63, 3.8) is 0 Å². The Hall–Kier alpha value is -3.03. The molecule has 0 heterocycles. The highest BCUT2D eigenvalue weighted by molar-refractivity contribution is 8.34. The first-order valence-electron chi connectivity index (χ1n) is 10.4. The monoisotopic (exact) mass is 410 g/mol. The molecular weight excluding hydrogens is 380 g/mol. The van der Waals surface area contributed by atoms with Crippen LogP contribution in [-0.4, -0.2) is 0 Å². The van der Waals surface area contributed by atoms with Gasteiger partial charge >= 0.3 is 0 Å². The summed E-state index contributed by atoms with van der Waals surface area (Å²) >= 11 is 0. The van der Waals surface area contributed by atoms with E-state index in [9.17, 15) is 0 Å². The van der Waals surface area contributed by atoms with Gasteiger partial charge in [0.1, 0.15) is 0 Å². The van der Waals surface area contributed by atoms with Crippen molar-refractivity contribution in [1.29, 1.82) is 0 Å². The largest absolute Gasteiger partial charge is 0.133 e. The number of hydrogen-bond acceptors (Lipinski definition) is 0. The molecule has 0 N–H and O–H groups in total. The maximum Gasteiger partial charge on any atom is 0.00255 e. The maximum atomic E-state index is 2.35. The molecule has 0 saturated carbocycles. The van der Waals surface area contributed by atoms with Crippen LogP contribution in [0.5, 0.6) is 0 Å². The zero-order valence-electron chi connectivity index (χ0n) is 18.0. The second-order valence-electron chi connectivity index (χ2n) is 7.03. The highest BCUT2D eigenvalue weighted by Crippen LogP contribution is 2.73. The van der Waals surface area contributed by atoms with Crippen molar-refractivity contribution >= 4 is 10.0 Å². The van der Waals surface area contributed by atoms with Crippen LogP contribution in [-0.2, 0) is 0 Å². The molecule has 4 rings (SSSR count). The molecule has 152 valence electrons. The highest BCUT2D eigenvalue weighted by Gasteiger charge is 2.32. The van der Waals surface area contributed by atoms with Crippen LogP contribution in [0.15, 0.2) is 147 Å². The zero-order chi connectivity index (χ0) is 21.2. The molecule has 0 nitrogen and oxygen atoms in total. The van der Waals surface area contributed by atoms with Crippen molar-refractivity contribution in [2.24, 2.45) is 0 Å². The van der Waals surface area contributed by atoms with Crippen LogP contribution in [0.2, 0.25) is 0 Å². The lowest BCUT2D eigenvalue weighted by Crippen LogP contribution is -2.05. The predicted molar refractivity (Wildman–Crippen MR) is 132 cm³/mol.